The van der Waals surface area contributed by atoms with Crippen LogP contribution in [0.5, 0.6) is 0 Å². The predicted molar refractivity (Wildman–Crippen MR) is 122 cm³/mol. The molecule has 5 nitrogen and oxygen atoms in total. The van der Waals surface area contributed by atoms with Crippen LogP contribution < -0.4 is 5.32 Å². The van der Waals surface area contributed by atoms with E-state index in [9.17, 15) is 13.6 Å². The number of carbonyl (C=O) groups is 1. The summed E-state index contributed by atoms with van der Waals surface area (Å²) in [7, 11) is 0. The number of anilines is 1. The number of piperidine rings is 1. The molecule has 1 fully saturated rings. The number of carbonyl (C=O) groups excluding carboxylic acids is 1. The molecule has 4 rings (SSSR count). The predicted octanol–water partition coefficient (Wildman–Crippen LogP) is 5.21. The van der Waals surface area contributed by atoms with Crippen molar-refractivity contribution in [3.05, 3.63) is 47.7 Å². The zero-order chi connectivity index (χ0) is 23.0. The van der Waals surface area contributed by atoms with Gasteiger partial charge in [-0.15, -0.1) is 0 Å². The van der Waals surface area contributed by atoms with Crippen LogP contribution in [-0.4, -0.2) is 46.1 Å². The minimum absolute atomic E-state index is 0.103. The molecule has 0 saturated carbocycles. The lowest BCUT2D eigenvalue weighted by Crippen LogP contribution is -2.49. The van der Waals surface area contributed by atoms with E-state index in [4.69, 9.17) is 0 Å². The number of likely N-dealkylation sites (tertiary alicyclic amines) is 1. The molecule has 0 radical (unpaired) electrons. The number of hydrogen-bond donors (Lipinski definition) is 1. The average Bonchev–Trinajstić information content (AvgIpc) is 3.23. The molecule has 0 spiro atoms. The summed E-state index contributed by atoms with van der Waals surface area (Å²) in [4.78, 5) is 15.1. The Hall–Kier alpha value is -2.44. The van der Waals surface area contributed by atoms with E-state index < -0.39 is 12.5 Å². The van der Waals surface area contributed by atoms with E-state index >= 15 is 0 Å². The number of fused-ring (bicyclic) bond motifs is 1. The smallest absolute Gasteiger partial charge is 0.260 e. The summed E-state index contributed by atoms with van der Waals surface area (Å²) in [6, 6.07) is 10.7. The molecule has 1 aromatic carbocycles. The molecule has 2 aromatic rings. The minimum atomic E-state index is -2.48. The Bertz CT molecular complexity index is 937. The van der Waals surface area contributed by atoms with Gasteiger partial charge in [0.1, 0.15) is 11.9 Å². The summed E-state index contributed by atoms with van der Waals surface area (Å²) in [6.07, 6.45) is -0.346. The molecule has 1 saturated heterocycles. The molecule has 0 aliphatic carbocycles. The molecular formula is C25H34F2N4O. The molecule has 1 aromatic heterocycles. The van der Waals surface area contributed by atoms with Gasteiger partial charge in [0.25, 0.3) is 6.43 Å². The number of hydrogen-bond acceptors (Lipinski definition) is 3. The van der Waals surface area contributed by atoms with Gasteiger partial charge in [-0.05, 0) is 37.7 Å². The van der Waals surface area contributed by atoms with Crippen molar-refractivity contribution in [2.75, 3.05) is 18.4 Å². The first kappa shape index (κ1) is 22.7. The highest BCUT2D eigenvalue weighted by molar-refractivity contribution is 5.83. The number of nitrogens with zero attached hydrogens (tertiary/aromatic N) is 3. The van der Waals surface area contributed by atoms with Gasteiger partial charge in [-0.2, -0.15) is 5.10 Å². The lowest BCUT2D eigenvalue weighted by molar-refractivity contribution is -0.134. The molecule has 3 heterocycles. The van der Waals surface area contributed by atoms with Crippen LogP contribution in [0.2, 0.25) is 0 Å². The molecule has 1 N–H and O–H groups in total. The van der Waals surface area contributed by atoms with Crippen LogP contribution in [0.25, 0.3) is 0 Å². The van der Waals surface area contributed by atoms with Crippen molar-refractivity contribution in [2.24, 2.45) is 5.92 Å². The minimum Gasteiger partial charge on any atom is -0.367 e. The highest BCUT2D eigenvalue weighted by Gasteiger charge is 2.40. The molecule has 2 aliphatic rings. The second-order valence-electron chi connectivity index (χ2n) is 10.3. The number of rotatable bonds is 4. The Labute approximate surface area is 189 Å². The maximum Gasteiger partial charge on any atom is 0.260 e. The molecule has 32 heavy (non-hydrogen) atoms. The summed E-state index contributed by atoms with van der Waals surface area (Å²) < 4.78 is 29.5. The van der Waals surface area contributed by atoms with E-state index in [-0.39, 0.29) is 29.2 Å². The quantitative estimate of drug-likeness (QED) is 0.704. The molecule has 174 valence electrons. The maximum absolute atomic E-state index is 14.0. The third kappa shape index (κ3) is 4.52. The van der Waals surface area contributed by atoms with Crippen LogP contribution in [0.1, 0.15) is 70.2 Å². The third-order valence-corrected chi connectivity index (χ3v) is 6.95. The van der Waals surface area contributed by atoms with Crippen LogP contribution in [0, 0.1) is 5.92 Å². The average molecular weight is 445 g/mol. The van der Waals surface area contributed by atoms with Gasteiger partial charge in [0, 0.05) is 30.6 Å². The van der Waals surface area contributed by atoms with Crippen molar-refractivity contribution >= 4 is 11.7 Å². The SMILES string of the molecule is C[C@H](C(=O)N1CCC[C@@H]([C@@H]2C[C@H](C(F)F)n3nc(C(C)(C)C)cc3N2)C1)c1ccccc1. The molecule has 7 heteroatoms. The summed E-state index contributed by atoms with van der Waals surface area (Å²) >= 11 is 0. The second kappa shape index (κ2) is 8.83. The van der Waals surface area contributed by atoms with E-state index in [1.807, 2.05) is 69.0 Å². The topological polar surface area (TPSA) is 50.2 Å². The number of benzene rings is 1. The number of nitrogens with one attached hydrogen (secondary N) is 1. The van der Waals surface area contributed by atoms with Gasteiger partial charge in [-0.1, -0.05) is 51.1 Å². The highest BCUT2D eigenvalue weighted by Crippen LogP contribution is 2.38. The zero-order valence-corrected chi connectivity index (χ0v) is 19.4. The second-order valence-corrected chi connectivity index (χ2v) is 10.3. The van der Waals surface area contributed by atoms with Crippen LogP contribution in [-0.2, 0) is 10.2 Å². The molecule has 1 amide bonds. The van der Waals surface area contributed by atoms with Gasteiger partial charge in [0.15, 0.2) is 0 Å². The fourth-order valence-corrected chi connectivity index (χ4v) is 4.95. The molecular weight excluding hydrogens is 410 g/mol. The Morgan fingerprint density at radius 3 is 2.59 bits per heavy atom. The Morgan fingerprint density at radius 2 is 1.94 bits per heavy atom. The first-order chi connectivity index (χ1) is 15.1. The van der Waals surface area contributed by atoms with E-state index in [0.717, 1.165) is 30.6 Å². The van der Waals surface area contributed by atoms with Crippen LogP contribution in [0.3, 0.4) is 0 Å². The molecule has 2 aliphatic heterocycles. The van der Waals surface area contributed by atoms with Gasteiger partial charge in [0.2, 0.25) is 5.91 Å². The van der Waals surface area contributed by atoms with E-state index in [2.05, 4.69) is 10.4 Å². The van der Waals surface area contributed by atoms with Gasteiger partial charge >= 0.3 is 0 Å². The lowest BCUT2D eigenvalue weighted by Gasteiger charge is -2.41. The normalized spacial score (nSPS) is 24.7. The van der Waals surface area contributed by atoms with Crippen molar-refractivity contribution in [1.82, 2.24) is 14.7 Å². The number of aromatic nitrogens is 2. The summed E-state index contributed by atoms with van der Waals surface area (Å²) in [6.45, 7) is 9.38. The van der Waals surface area contributed by atoms with Gasteiger partial charge in [-0.3, -0.25) is 4.79 Å². The Morgan fingerprint density at radius 1 is 1.22 bits per heavy atom. The largest absolute Gasteiger partial charge is 0.367 e. The summed E-state index contributed by atoms with van der Waals surface area (Å²) in [5, 5.41) is 8.01. The summed E-state index contributed by atoms with van der Waals surface area (Å²) in [5.41, 5.74) is 1.60. The van der Waals surface area contributed by atoms with Gasteiger partial charge in [0.05, 0.1) is 11.6 Å². The lowest BCUT2D eigenvalue weighted by atomic mass is 9.85. The van der Waals surface area contributed by atoms with Crippen LogP contribution in [0.4, 0.5) is 14.6 Å². The van der Waals surface area contributed by atoms with Gasteiger partial charge in [-0.25, -0.2) is 13.5 Å². The van der Waals surface area contributed by atoms with Crippen LogP contribution in [0.15, 0.2) is 36.4 Å². The van der Waals surface area contributed by atoms with Crippen molar-refractivity contribution < 1.29 is 13.6 Å². The fraction of sp³-hybridized carbons (Fsp3) is 0.600. The standard InChI is InChI=1S/C25H34F2N4O/c1-16(17-9-6-5-7-10-17)24(32)30-12-8-11-18(15-30)19-13-20(23(26)27)31-22(28-19)14-21(29-31)25(2,3)4/h5-7,9-10,14,16,18-20,23,28H,8,11-13,15H2,1-4H3/t16-,18+,19-,20+/m0/s1. The number of amides is 1. The van der Waals surface area contributed by atoms with Crippen molar-refractivity contribution in [2.45, 2.75) is 76.8 Å². The maximum atomic E-state index is 14.0. The van der Waals surface area contributed by atoms with Crippen molar-refractivity contribution in [1.29, 1.82) is 0 Å². The van der Waals surface area contributed by atoms with Crippen molar-refractivity contribution in [3.63, 3.8) is 0 Å². The van der Waals surface area contributed by atoms with E-state index in [1.54, 1.807) is 0 Å². The monoisotopic (exact) mass is 444 g/mol. The Balaban J connectivity index is 1.51. The van der Waals surface area contributed by atoms with E-state index in [1.165, 1.54) is 4.68 Å². The third-order valence-electron chi connectivity index (χ3n) is 6.95. The molecule has 0 bridgehead atoms. The van der Waals surface area contributed by atoms with Gasteiger partial charge < -0.3 is 10.2 Å². The first-order valence-electron chi connectivity index (χ1n) is 11.6. The van der Waals surface area contributed by atoms with Crippen LogP contribution >= 0.6 is 0 Å². The summed E-state index contributed by atoms with van der Waals surface area (Å²) in [5.74, 6) is 0.706. The number of halogens is 2. The number of alkyl halides is 2. The van der Waals surface area contributed by atoms with Crippen molar-refractivity contribution in [3.8, 4) is 0 Å². The highest BCUT2D eigenvalue weighted by atomic mass is 19.3. The Kier molecular flexibility index (Phi) is 6.28. The van der Waals surface area contributed by atoms with E-state index in [0.29, 0.717) is 18.8 Å². The molecule has 4 atom stereocenters. The first-order valence-corrected chi connectivity index (χ1v) is 11.6. The zero-order valence-electron chi connectivity index (χ0n) is 19.4. The fourth-order valence-electron chi connectivity index (χ4n) is 4.95. The molecule has 0 unspecified atom stereocenters.